The lowest BCUT2D eigenvalue weighted by Gasteiger charge is -2.11. The molecule has 3 aromatic heterocycles. The first-order valence-electron chi connectivity index (χ1n) is 11.5. The largest absolute Gasteiger partial charge is 0.322 e. The number of aromatic nitrogens is 5. The lowest BCUT2D eigenvalue weighted by molar-refractivity contribution is 0.102. The van der Waals surface area contributed by atoms with Crippen LogP contribution in [0.3, 0.4) is 0 Å². The van der Waals surface area contributed by atoms with E-state index in [9.17, 15) is 4.79 Å². The quantitative estimate of drug-likeness (QED) is 0.293. The van der Waals surface area contributed by atoms with Gasteiger partial charge >= 0.3 is 0 Å². The summed E-state index contributed by atoms with van der Waals surface area (Å²) in [5.41, 5.74) is 6.74. The number of pyridine rings is 1. The fourth-order valence-electron chi connectivity index (χ4n) is 4.13. The first-order valence-corrected chi connectivity index (χ1v) is 12.2. The van der Waals surface area contributed by atoms with Crippen LogP contribution >= 0.6 is 15.9 Å². The fraction of sp³-hybridized carbons (Fsp3) is 0.185. The van der Waals surface area contributed by atoms with Crippen LogP contribution in [0.5, 0.6) is 0 Å². The highest BCUT2D eigenvalue weighted by atomic mass is 79.9. The number of fused-ring (bicyclic) bond motifs is 1. The molecule has 0 atom stereocenters. The molecule has 0 fully saturated rings. The summed E-state index contributed by atoms with van der Waals surface area (Å²) in [6, 6.07) is 17.4. The topological polar surface area (TPSA) is 77.6 Å². The number of para-hydroxylation sites is 1. The average molecular weight is 529 g/mol. The molecular weight excluding hydrogens is 504 g/mol. The minimum Gasteiger partial charge on any atom is -0.322 e. The standard InChI is InChI=1S/C27H25BrN6O/c1-4-33-16-20(14-29-33)25-13-23(22-10-5-6-11-24(22)31-25)27(35)30-21-9-7-8-19(12-21)15-34-18(3)26(28)17(2)32-34/h5-14,16H,4,15H2,1-3H3,(H,30,35). The molecular formula is C27H25BrN6O. The van der Waals surface area contributed by atoms with Crippen molar-refractivity contribution in [3.8, 4) is 11.3 Å². The van der Waals surface area contributed by atoms with Gasteiger partial charge in [0.05, 0.1) is 45.4 Å². The molecule has 0 saturated carbocycles. The van der Waals surface area contributed by atoms with Crippen molar-refractivity contribution >= 4 is 38.4 Å². The molecule has 0 spiro atoms. The Kier molecular flexibility index (Phi) is 6.21. The molecule has 7 nitrogen and oxygen atoms in total. The van der Waals surface area contributed by atoms with Crippen molar-refractivity contribution in [2.24, 2.45) is 0 Å². The monoisotopic (exact) mass is 528 g/mol. The normalized spacial score (nSPS) is 11.2. The molecule has 35 heavy (non-hydrogen) atoms. The summed E-state index contributed by atoms with van der Waals surface area (Å²) < 4.78 is 4.82. The number of rotatable bonds is 6. The first-order chi connectivity index (χ1) is 16.9. The molecule has 0 aliphatic carbocycles. The molecule has 1 amide bonds. The van der Waals surface area contributed by atoms with Crippen molar-refractivity contribution in [3.63, 3.8) is 0 Å². The van der Waals surface area contributed by atoms with Gasteiger partial charge in [0, 0.05) is 29.4 Å². The molecule has 2 aromatic carbocycles. The highest BCUT2D eigenvalue weighted by Crippen LogP contribution is 2.26. The Morgan fingerprint density at radius 3 is 2.66 bits per heavy atom. The van der Waals surface area contributed by atoms with Gasteiger partial charge in [0.1, 0.15) is 0 Å². The van der Waals surface area contributed by atoms with Crippen LogP contribution in [0.15, 0.2) is 71.5 Å². The summed E-state index contributed by atoms with van der Waals surface area (Å²) >= 11 is 3.58. The predicted octanol–water partition coefficient (Wildman–Crippen LogP) is 5.99. The van der Waals surface area contributed by atoms with E-state index >= 15 is 0 Å². The Labute approximate surface area is 211 Å². The third-order valence-corrected chi connectivity index (χ3v) is 7.17. The Morgan fingerprint density at radius 1 is 1.09 bits per heavy atom. The Bertz CT molecular complexity index is 1550. The molecule has 0 aliphatic heterocycles. The van der Waals surface area contributed by atoms with E-state index in [1.807, 2.05) is 90.9 Å². The fourth-order valence-corrected chi connectivity index (χ4v) is 4.41. The molecule has 1 N–H and O–H groups in total. The van der Waals surface area contributed by atoms with Crippen molar-refractivity contribution in [2.45, 2.75) is 33.9 Å². The van der Waals surface area contributed by atoms with E-state index < -0.39 is 0 Å². The lowest BCUT2D eigenvalue weighted by Crippen LogP contribution is -2.13. The van der Waals surface area contributed by atoms with Gasteiger partial charge in [0.15, 0.2) is 0 Å². The van der Waals surface area contributed by atoms with Gasteiger partial charge in [-0.25, -0.2) is 4.98 Å². The molecule has 5 aromatic rings. The molecule has 0 radical (unpaired) electrons. The lowest BCUT2D eigenvalue weighted by atomic mass is 10.0. The molecule has 0 bridgehead atoms. The number of carbonyl (C=O) groups excluding carboxylic acids is 1. The molecule has 176 valence electrons. The molecule has 8 heteroatoms. The van der Waals surface area contributed by atoms with E-state index in [4.69, 9.17) is 4.98 Å². The van der Waals surface area contributed by atoms with E-state index in [0.29, 0.717) is 12.1 Å². The molecule has 0 unspecified atom stereocenters. The summed E-state index contributed by atoms with van der Waals surface area (Å²) in [4.78, 5) is 18.2. The van der Waals surface area contributed by atoms with Crippen LogP contribution in [-0.4, -0.2) is 30.5 Å². The van der Waals surface area contributed by atoms with E-state index in [1.54, 1.807) is 6.20 Å². The van der Waals surface area contributed by atoms with Gasteiger partial charge < -0.3 is 5.32 Å². The number of hydrogen-bond acceptors (Lipinski definition) is 4. The number of nitrogens with one attached hydrogen (secondary N) is 1. The zero-order chi connectivity index (χ0) is 24.5. The second kappa shape index (κ2) is 9.46. The van der Waals surface area contributed by atoms with E-state index in [-0.39, 0.29) is 5.91 Å². The summed E-state index contributed by atoms with van der Waals surface area (Å²) in [5, 5.41) is 12.8. The van der Waals surface area contributed by atoms with Crippen LogP contribution in [0.25, 0.3) is 22.2 Å². The van der Waals surface area contributed by atoms with Crippen LogP contribution < -0.4 is 5.32 Å². The molecule has 0 saturated heterocycles. The third kappa shape index (κ3) is 4.61. The van der Waals surface area contributed by atoms with E-state index in [2.05, 4.69) is 31.4 Å². The number of amides is 1. The molecule has 0 aliphatic rings. The van der Waals surface area contributed by atoms with Gasteiger partial charge in [0.2, 0.25) is 0 Å². The summed E-state index contributed by atoms with van der Waals surface area (Å²) in [7, 11) is 0. The Balaban J connectivity index is 1.45. The second-order valence-electron chi connectivity index (χ2n) is 8.45. The van der Waals surface area contributed by atoms with E-state index in [0.717, 1.165) is 55.8 Å². The van der Waals surface area contributed by atoms with Crippen molar-refractivity contribution in [3.05, 3.63) is 94.0 Å². The highest BCUT2D eigenvalue weighted by molar-refractivity contribution is 9.10. The number of hydrogen-bond donors (Lipinski definition) is 1. The second-order valence-corrected chi connectivity index (χ2v) is 9.25. The van der Waals surface area contributed by atoms with Crippen LogP contribution in [-0.2, 0) is 13.1 Å². The number of benzene rings is 2. The minimum atomic E-state index is -0.182. The van der Waals surface area contributed by atoms with Gasteiger partial charge in [-0.1, -0.05) is 30.3 Å². The average Bonchev–Trinajstić information content (AvgIpc) is 3.44. The smallest absolute Gasteiger partial charge is 0.256 e. The SMILES string of the molecule is CCn1cc(-c2cc(C(=O)Nc3cccc(Cn4nc(C)c(Br)c4C)c3)c3ccccc3n2)cn1. The molecule has 5 rings (SSSR count). The van der Waals surface area contributed by atoms with Crippen molar-refractivity contribution < 1.29 is 4.79 Å². The maximum Gasteiger partial charge on any atom is 0.256 e. The van der Waals surface area contributed by atoms with Crippen molar-refractivity contribution in [1.29, 1.82) is 0 Å². The summed E-state index contributed by atoms with van der Waals surface area (Å²) in [6.07, 6.45) is 3.72. The maximum absolute atomic E-state index is 13.5. The minimum absolute atomic E-state index is 0.182. The van der Waals surface area contributed by atoms with Crippen LogP contribution in [0.1, 0.15) is 34.2 Å². The zero-order valence-corrected chi connectivity index (χ0v) is 21.4. The van der Waals surface area contributed by atoms with Crippen LogP contribution in [0, 0.1) is 13.8 Å². The highest BCUT2D eigenvalue weighted by Gasteiger charge is 2.16. The predicted molar refractivity (Wildman–Crippen MR) is 142 cm³/mol. The van der Waals surface area contributed by atoms with Crippen LogP contribution in [0.2, 0.25) is 0 Å². The van der Waals surface area contributed by atoms with Gasteiger partial charge in [-0.3, -0.25) is 14.2 Å². The molecule has 3 heterocycles. The van der Waals surface area contributed by atoms with Gasteiger partial charge in [-0.05, 0) is 66.5 Å². The summed E-state index contributed by atoms with van der Waals surface area (Å²) in [5.74, 6) is -0.182. The Hall–Kier alpha value is -3.78. The van der Waals surface area contributed by atoms with Crippen LogP contribution in [0.4, 0.5) is 5.69 Å². The number of anilines is 1. The van der Waals surface area contributed by atoms with Gasteiger partial charge in [-0.2, -0.15) is 10.2 Å². The number of halogens is 1. The summed E-state index contributed by atoms with van der Waals surface area (Å²) in [6.45, 7) is 7.43. The first kappa shape index (κ1) is 23.0. The van der Waals surface area contributed by atoms with E-state index in [1.165, 1.54) is 0 Å². The van der Waals surface area contributed by atoms with Crippen molar-refractivity contribution in [1.82, 2.24) is 24.5 Å². The van der Waals surface area contributed by atoms with Gasteiger partial charge in [-0.15, -0.1) is 0 Å². The third-order valence-electron chi connectivity index (χ3n) is 6.02. The van der Waals surface area contributed by atoms with Gasteiger partial charge in [0.25, 0.3) is 5.91 Å². The Morgan fingerprint density at radius 2 is 1.91 bits per heavy atom. The number of nitrogens with zero attached hydrogens (tertiary/aromatic N) is 5. The number of aryl methyl sites for hydroxylation is 2. The zero-order valence-electron chi connectivity index (χ0n) is 19.8. The van der Waals surface area contributed by atoms with Crippen molar-refractivity contribution in [2.75, 3.05) is 5.32 Å². The maximum atomic E-state index is 13.5. The number of carbonyl (C=O) groups is 1.